The number of hydrogen-bond acceptors (Lipinski definition) is 5. The van der Waals surface area contributed by atoms with Gasteiger partial charge in [0.2, 0.25) is 5.89 Å². The van der Waals surface area contributed by atoms with Crippen LogP contribution in [0.15, 0.2) is 4.52 Å². The predicted octanol–water partition coefficient (Wildman–Crippen LogP) is 0.728. The number of likely N-dealkylation sites (tertiary alicyclic amines) is 1. The maximum atomic E-state index is 5.43. The van der Waals surface area contributed by atoms with Crippen LogP contribution in [0, 0.1) is 0 Å². The molecule has 5 nitrogen and oxygen atoms in total. The lowest BCUT2D eigenvalue weighted by molar-refractivity contribution is 0.217. The summed E-state index contributed by atoms with van der Waals surface area (Å²) in [6.07, 6.45) is 2.24. The van der Waals surface area contributed by atoms with Gasteiger partial charge in [0.25, 0.3) is 0 Å². The molecule has 15 heavy (non-hydrogen) atoms. The highest BCUT2D eigenvalue weighted by molar-refractivity contribution is 4.97. The molecule has 0 aliphatic carbocycles. The molecule has 1 saturated heterocycles. The first-order chi connectivity index (χ1) is 7.33. The van der Waals surface area contributed by atoms with Crippen molar-refractivity contribution in [3.05, 3.63) is 11.7 Å². The quantitative estimate of drug-likeness (QED) is 0.796. The Morgan fingerprint density at radius 3 is 2.73 bits per heavy atom. The third-order valence-electron chi connectivity index (χ3n) is 3.06. The molecule has 1 fully saturated rings. The largest absolute Gasteiger partial charge is 0.338 e. The molecular formula is C10H18N4O. The van der Waals surface area contributed by atoms with Crippen molar-refractivity contribution in [3.63, 3.8) is 0 Å². The molecule has 0 amide bonds. The lowest BCUT2D eigenvalue weighted by atomic mass is 9.96. The van der Waals surface area contributed by atoms with E-state index in [1.165, 1.54) is 0 Å². The Morgan fingerprint density at radius 1 is 1.47 bits per heavy atom. The first-order valence-electron chi connectivity index (χ1n) is 5.58. The Hall–Kier alpha value is -0.940. The molecule has 2 rings (SSSR count). The van der Waals surface area contributed by atoms with Crippen LogP contribution in [0.5, 0.6) is 0 Å². The van der Waals surface area contributed by atoms with Gasteiger partial charge in [0.1, 0.15) is 0 Å². The van der Waals surface area contributed by atoms with E-state index in [9.17, 15) is 0 Å². The average Bonchev–Trinajstić information content (AvgIpc) is 2.78. The van der Waals surface area contributed by atoms with E-state index in [0.717, 1.165) is 38.3 Å². The van der Waals surface area contributed by atoms with Gasteiger partial charge >= 0.3 is 0 Å². The van der Waals surface area contributed by atoms with Gasteiger partial charge in [-0.1, -0.05) is 12.1 Å². The lowest BCUT2D eigenvalue weighted by Crippen LogP contribution is -2.32. The van der Waals surface area contributed by atoms with Crippen LogP contribution in [0.3, 0.4) is 0 Å². The van der Waals surface area contributed by atoms with E-state index in [1.54, 1.807) is 0 Å². The van der Waals surface area contributed by atoms with Gasteiger partial charge in [-0.3, -0.25) is 0 Å². The van der Waals surface area contributed by atoms with E-state index >= 15 is 0 Å². The maximum absolute atomic E-state index is 5.43. The standard InChI is InChI=1S/C10H18N4O/c1-2-14-5-3-8(4-6-14)10-12-9(7-11)15-13-10/h8H,2-7,11H2,1H3. The first kappa shape index (κ1) is 10.6. The Bertz CT molecular complexity index is 304. The van der Waals surface area contributed by atoms with Gasteiger partial charge in [0.05, 0.1) is 6.54 Å². The van der Waals surface area contributed by atoms with Gasteiger partial charge in [-0.2, -0.15) is 4.98 Å². The molecule has 0 saturated carbocycles. The second-order valence-corrected chi connectivity index (χ2v) is 3.96. The minimum absolute atomic E-state index is 0.334. The van der Waals surface area contributed by atoms with Crippen molar-refractivity contribution in [2.24, 2.45) is 5.73 Å². The van der Waals surface area contributed by atoms with Crippen molar-refractivity contribution in [1.29, 1.82) is 0 Å². The molecule has 2 heterocycles. The van der Waals surface area contributed by atoms with Crippen molar-refractivity contribution < 1.29 is 4.52 Å². The zero-order chi connectivity index (χ0) is 10.7. The third kappa shape index (κ3) is 2.35. The molecular weight excluding hydrogens is 192 g/mol. The van der Waals surface area contributed by atoms with Crippen molar-refractivity contribution in [1.82, 2.24) is 15.0 Å². The minimum atomic E-state index is 0.334. The van der Waals surface area contributed by atoms with E-state index in [-0.39, 0.29) is 0 Å². The highest BCUT2D eigenvalue weighted by Crippen LogP contribution is 2.25. The zero-order valence-electron chi connectivity index (χ0n) is 9.15. The van der Waals surface area contributed by atoms with E-state index in [2.05, 4.69) is 22.0 Å². The van der Waals surface area contributed by atoms with Crippen LogP contribution < -0.4 is 5.73 Å². The summed E-state index contributed by atoms with van der Waals surface area (Å²) < 4.78 is 5.02. The van der Waals surface area contributed by atoms with Crippen molar-refractivity contribution in [2.75, 3.05) is 19.6 Å². The van der Waals surface area contributed by atoms with Crippen molar-refractivity contribution in [3.8, 4) is 0 Å². The molecule has 1 aromatic rings. The summed E-state index contributed by atoms with van der Waals surface area (Å²) in [5.74, 6) is 1.84. The van der Waals surface area contributed by atoms with E-state index in [1.807, 2.05) is 0 Å². The van der Waals surface area contributed by atoms with Crippen LogP contribution >= 0.6 is 0 Å². The van der Waals surface area contributed by atoms with Gasteiger partial charge in [0, 0.05) is 5.92 Å². The van der Waals surface area contributed by atoms with Gasteiger partial charge in [-0.15, -0.1) is 0 Å². The summed E-state index contributed by atoms with van der Waals surface area (Å²) >= 11 is 0. The fraction of sp³-hybridized carbons (Fsp3) is 0.800. The third-order valence-corrected chi connectivity index (χ3v) is 3.06. The number of nitrogens with two attached hydrogens (primary N) is 1. The smallest absolute Gasteiger partial charge is 0.240 e. The fourth-order valence-corrected chi connectivity index (χ4v) is 2.02. The molecule has 0 atom stereocenters. The SMILES string of the molecule is CCN1CCC(c2noc(CN)n2)CC1. The van der Waals surface area contributed by atoms with Crippen molar-refractivity contribution >= 4 is 0 Å². The van der Waals surface area contributed by atoms with Crippen LogP contribution in [0.1, 0.15) is 37.4 Å². The monoisotopic (exact) mass is 210 g/mol. The zero-order valence-corrected chi connectivity index (χ0v) is 9.15. The first-order valence-corrected chi connectivity index (χ1v) is 5.58. The van der Waals surface area contributed by atoms with Crippen LogP contribution in [-0.2, 0) is 6.54 Å². The van der Waals surface area contributed by atoms with Gasteiger partial charge < -0.3 is 15.2 Å². The molecule has 1 aliphatic heterocycles. The highest BCUT2D eigenvalue weighted by Gasteiger charge is 2.23. The van der Waals surface area contributed by atoms with Gasteiger partial charge in [0.15, 0.2) is 5.82 Å². The van der Waals surface area contributed by atoms with E-state index in [4.69, 9.17) is 10.3 Å². The molecule has 1 aromatic heterocycles. The van der Waals surface area contributed by atoms with Crippen LogP contribution in [0.2, 0.25) is 0 Å². The minimum Gasteiger partial charge on any atom is -0.338 e. The average molecular weight is 210 g/mol. The summed E-state index contributed by atoms with van der Waals surface area (Å²) in [5.41, 5.74) is 5.43. The lowest BCUT2D eigenvalue weighted by Gasteiger charge is -2.29. The van der Waals surface area contributed by atoms with E-state index in [0.29, 0.717) is 18.4 Å². The Balaban J connectivity index is 1.95. The second kappa shape index (κ2) is 4.72. The summed E-state index contributed by atoms with van der Waals surface area (Å²) in [5, 5.41) is 3.98. The fourth-order valence-electron chi connectivity index (χ4n) is 2.02. The number of aromatic nitrogens is 2. The summed E-state index contributed by atoms with van der Waals surface area (Å²) in [7, 11) is 0. The summed E-state index contributed by atoms with van der Waals surface area (Å²) in [6, 6.07) is 0. The molecule has 0 aromatic carbocycles. The second-order valence-electron chi connectivity index (χ2n) is 3.96. The van der Waals surface area contributed by atoms with Gasteiger partial charge in [-0.05, 0) is 32.5 Å². The van der Waals surface area contributed by atoms with Crippen LogP contribution in [0.25, 0.3) is 0 Å². The predicted molar refractivity (Wildman–Crippen MR) is 56.3 cm³/mol. The molecule has 0 bridgehead atoms. The van der Waals surface area contributed by atoms with E-state index < -0.39 is 0 Å². The summed E-state index contributed by atoms with van der Waals surface area (Å²) in [6.45, 7) is 5.93. The number of rotatable bonds is 3. The topological polar surface area (TPSA) is 68.2 Å². The normalized spacial score (nSPS) is 19.6. The Kier molecular flexibility index (Phi) is 3.33. The Morgan fingerprint density at radius 2 is 2.20 bits per heavy atom. The number of hydrogen-bond donors (Lipinski definition) is 1. The number of piperidine rings is 1. The molecule has 0 radical (unpaired) electrons. The number of nitrogens with zero attached hydrogens (tertiary/aromatic N) is 3. The van der Waals surface area contributed by atoms with Crippen LogP contribution in [0.4, 0.5) is 0 Å². The molecule has 5 heteroatoms. The molecule has 0 spiro atoms. The molecule has 1 aliphatic rings. The van der Waals surface area contributed by atoms with Gasteiger partial charge in [-0.25, -0.2) is 0 Å². The molecule has 2 N–H and O–H groups in total. The molecule has 0 unspecified atom stereocenters. The Labute approximate surface area is 89.6 Å². The summed E-state index contributed by atoms with van der Waals surface area (Å²) in [4.78, 5) is 6.73. The molecule has 84 valence electrons. The van der Waals surface area contributed by atoms with Crippen molar-refractivity contribution in [2.45, 2.75) is 32.2 Å². The van der Waals surface area contributed by atoms with Crippen LogP contribution in [-0.4, -0.2) is 34.7 Å². The highest BCUT2D eigenvalue weighted by atomic mass is 16.5. The maximum Gasteiger partial charge on any atom is 0.240 e.